The molecular formula is C15H25N5O2. The van der Waals surface area contributed by atoms with Gasteiger partial charge in [0, 0.05) is 12.5 Å². The zero-order valence-electron chi connectivity index (χ0n) is 13.5. The van der Waals surface area contributed by atoms with Crippen molar-refractivity contribution in [2.45, 2.75) is 52.2 Å². The summed E-state index contributed by atoms with van der Waals surface area (Å²) < 4.78 is 5.60. The van der Waals surface area contributed by atoms with Crippen molar-refractivity contribution >= 4 is 11.9 Å². The Balaban J connectivity index is 2.36. The van der Waals surface area contributed by atoms with Crippen molar-refractivity contribution in [3.63, 3.8) is 0 Å². The highest BCUT2D eigenvalue weighted by atomic mass is 16.5. The van der Waals surface area contributed by atoms with Crippen LogP contribution in [0.1, 0.15) is 49.7 Å². The highest BCUT2D eigenvalue weighted by Crippen LogP contribution is 2.26. The molecule has 22 heavy (non-hydrogen) atoms. The maximum atomic E-state index is 11.9. The van der Waals surface area contributed by atoms with Gasteiger partial charge in [-0.05, 0) is 39.8 Å². The van der Waals surface area contributed by atoms with E-state index in [0.29, 0.717) is 18.2 Å². The summed E-state index contributed by atoms with van der Waals surface area (Å²) in [5.41, 5.74) is 12.1. The number of aromatic nitrogens is 2. The Morgan fingerprint density at radius 2 is 2.18 bits per heavy atom. The van der Waals surface area contributed by atoms with Gasteiger partial charge in [-0.25, -0.2) is 4.98 Å². The molecule has 7 heteroatoms. The number of primary amides is 1. The van der Waals surface area contributed by atoms with Crippen LogP contribution in [0.25, 0.3) is 0 Å². The van der Waals surface area contributed by atoms with Crippen molar-refractivity contribution in [2.24, 2.45) is 5.73 Å². The Labute approximate surface area is 131 Å². The summed E-state index contributed by atoms with van der Waals surface area (Å²) in [7, 11) is 0. The number of nitrogen functional groups attached to an aromatic ring is 1. The molecule has 1 saturated heterocycles. The predicted octanol–water partition coefficient (Wildman–Crippen LogP) is 0.972. The third kappa shape index (κ3) is 3.65. The third-order valence-corrected chi connectivity index (χ3v) is 3.90. The lowest BCUT2D eigenvalue weighted by Crippen LogP contribution is -2.32. The van der Waals surface area contributed by atoms with Crippen molar-refractivity contribution < 1.29 is 9.53 Å². The summed E-state index contributed by atoms with van der Waals surface area (Å²) in [4.78, 5) is 22.5. The number of hydrogen-bond donors (Lipinski definition) is 2. The van der Waals surface area contributed by atoms with Gasteiger partial charge in [0.05, 0.1) is 11.8 Å². The number of nitrogens with zero attached hydrogens (tertiary/aromatic N) is 3. The largest absolute Gasteiger partial charge is 0.474 e. The van der Waals surface area contributed by atoms with Crippen LogP contribution >= 0.6 is 0 Å². The molecule has 1 aromatic heterocycles. The van der Waals surface area contributed by atoms with E-state index in [1.165, 1.54) is 0 Å². The van der Waals surface area contributed by atoms with Gasteiger partial charge in [0.15, 0.2) is 0 Å². The van der Waals surface area contributed by atoms with Crippen molar-refractivity contribution in [1.82, 2.24) is 14.9 Å². The first kappa shape index (κ1) is 16.5. The maximum Gasteiger partial charge on any atom is 0.256 e. The smallest absolute Gasteiger partial charge is 0.256 e. The molecular weight excluding hydrogens is 282 g/mol. The first-order valence-electron chi connectivity index (χ1n) is 7.79. The van der Waals surface area contributed by atoms with Crippen molar-refractivity contribution in [3.05, 3.63) is 11.3 Å². The van der Waals surface area contributed by atoms with Crippen LogP contribution in [-0.2, 0) is 6.42 Å². The third-order valence-electron chi connectivity index (χ3n) is 3.90. The molecule has 1 aliphatic rings. The minimum Gasteiger partial charge on any atom is -0.474 e. The van der Waals surface area contributed by atoms with Crippen LogP contribution in [0.3, 0.4) is 0 Å². The number of likely N-dealkylation sites (N-methyl/N-ethyl adjacent to an activating group) is 1. The van der Waals surface area contributed by atoms with Crippen LogP contribution in [0.15, 0.2) is 0 Å². The fourth-order valence-corrected chi connectivity index (χ4v) is 2.97. The number of likely N-dealkylation sites (tertiary alicyclic amines) is 1. The Hall–Kier alpha value is -1.89. The van der Waals surface area contributed by atoms with Gasteiger partial charge in [0.1, 0.15) is 5.56 Å². The number of rotatable bonds is 6. The summed E-state index contributed by atoms with van der Waals surface area (Å²) in [5, 5.41) is 0. The van der Waals surface area contributed by atoms with Gasteiger partial charge >= 0.3 is 0 Å². The van der Waals surface area contributed by atoms with Crippen LogP contribution in [0.5, 0.6) is 5.88 Å². The Kier molecular flexibility index (Phi) is 5.18. The lowest BCUT2D eigenvalue weighted by molar-refractivity contribution is 0.0991. The molecule has 0 radical (unpaired) electrons. The molecule has 122 valence electrons. The number of ether oxygens (including phenoxy) is 1. The molecule has 1 aromatic rings. The second-order valence-corrected chi connectivity index (χ2v) is 5.87. The summed E-state index contributed by atoms with van der Waals surface area (Å²) in [6, 6.07) is 0.351. The first-order valence-corrected chi connectivity index (χ1v) is 7.79. The normalized spacial score (nSPS) is 18.8. The van der Waals surface area contributed by atoms with E-state index in [2.05, 4.69) is 21.8 Å². The average molecular weight is 307 g/mol. The molecule has 1 amide bonds. The standard InChI is InChI=1S/C15H25N5O2/c1-4-20-7-5-6-10(20)8-11-12(13(16)21)14(22-9(2)3)19-15(17)18-11/h9-10H,4-8H2,1-3H3,(H2,16,21)(H2,17,18,19). The predicted molar refractivity (Wildman–Crippen MR) is 84.7 cm³/mol. The van der Waals surface area contributed by atoms with Gasteiger partial charge in [-0.2, -0.15) is 4.98 Å². The van der Waals surface area contributed by atoms with Crippen molar-refractivity contribution in [2.75, 3.05) is 18.8 Å². The molecule has 0 aromatic carbocycles. The van der Waals surface area contributed by atoms with E-state index in [1.54, 1.807) is 0 Å². The number of hydrogen-bond acceptors (Lipinski definition) is 6. The average Bonchev–Trinajstić information content (AvgIpc) is 2.84. The summed E-state index contributed by atoms with van der Waals surface area (Å²) >= 11 is 0. The fraction of sp³-hybridized carbons (Fsp3) is 0.667. The Bertz CT molecular complexity index is 547. The quantitative estimate of drug-likeness (QED) is 0.811. The van der Waals surface area contributed by atoms with E-state index in [-0.39, 0.29) is 23.5 Å². The SMILES string of the molecule is CCN1CCCC1Cc1nc(N)nc(OC(C)C)c1C(N)=O. The highest BCUT2D eigenvalue weighted by molar-refractivity contribution is 5.96. The summed E-state index contributed by atoms with van der Waals surface area (Å²) in [5.74, 6) is -0.283. The van der Waals surface area contributed by atoms with Gasteiger partial charge in [-0.1, -0.05) is 6.92 Å². The van der Waals surface area contributed by atoms with Crippen LogP contribution in [0.4, 0.5) is 5.95 Å². The van der Waals surface area contributed by atoms with E-state index in [0.717, 1.165) is 25.9 Å². The Morgan fingerprint density at radius 3 is 2.77 bits per heavy atom. The number of amides is 1. The van der Waals surface area contributed by atoms with Crippen LogP contribution in [0, 0.1) is 0 Å². The zero-order valence-corrected chi connectivity index (χ0v) is 13.5. The van der Waals surface area contributed by atoms with Crippen molar-refractivity contribution in [1.29, 1.82) is 0 Å². The lowest BCUT2D eigenvalue weighted by atomic mass is 10.0. The van der Waals surface area contributed by atoms with E-state index in [1.807, 2.05) is 13.8 Å². The second kappa shape index (κ2) is 6.91. The molecule has 1 unspecified atom stereocenters. The fourth-order valence-electron chi connectivity index (χ4n) is 2.97. The molecule has 1 atom stereocenters. The van der Waals surface area contributed by atoms with E-state index < -0.39 is 5.91 Å². The van der Waals surface area contributed by atoms with E-state index >= 15 is 0 Å². The van der Waals surface area contributed by atoms with Crippen molar-refractivity contribution in [3.8, 4) is 5.88 Å². The van der Waals surface area contributed by atoms with Crippen LogP contribution in [0.2, 0.25) is 0 Å². The minimum atomic E-state index is -0.577. The molecule has 0 bridgehead atoms. The monoisotopic (exact) mass is 307 g/mol. The molecule has 4 N–H and O–H groups in total. The molecule has 0 saturated carbocycles. The van der Waals surface area contributed by atoms with E-state index in [4.69, 9.17) is 16.2 Å². The zero-order chi connectivity index (χ0) is 16.3. The highest BCUT2D eigenvalue weighted by Gasteiger charge is 2.28. The molecule has 7 nitrogen and oxygen atoms in total. The lowest BCUT2D eigenvalue weighted by Gasteiger charge is -2.23. The molecule has 1 aliphatic heterocycles. The van der Waals surface area contributed by atoms with Gasteiger partial charge in [-0.3, -0.25) is 4.79 Å². The maximum absolute atomic E-state index is 11.9. The topological polar surface area (TPSA) is 107 Å². The van der Waals surface area contributed by atoms with Gasteiger partial charge in [0.25, 0.3) is 5.91 Å². The van der Waals surface area contributed by atoms with Crippen LogP contribution in [-0.4, -0.2) is 46.0 Å². The minimum absolute atomic E-state index is 0.108. The molecule has 1 fully saturated rings. The summed E-state index contributed by atoms with van der Waals surface area (Å²) in [6.07, 6.45) is 2.74. The molecule has 2 rings (SSSR count). The number of anilines is 1. The van der Waals surface area contributed by atoms with Gasteiger partial charge in [-0.15, -0.1) is 0 Å². The molecule has 2 heterocycles. The summed E-state index contributed by atoms with van der Waals surface area (Å²) in [6.45, 7) is 7.90. The molecule has 0 spiro atoms. The Morgan fingerprint density at radius 1 is 1.45 bits per heavy atom. The van der Waals surface area contributed by atoms with Crippen LogP contribution < -0.4 is 16.2 Å². The number of carbonyl (C=O) groups is 1. The number of carbonyl (C=O) groups excluding carboxylic acids is 1. The van der Waals surface area contributed by atoms with E-state index in [9.17, 15) is 4.79 Å². The van der Waals surface area contributed by atoms with Gasteiger partial charge < -0.3 is 21.1 Å². The number of nitrogens with two attached hydrogens (primary N) is 2. The second-order valence-electron chi connectivity index (χ2n) is 5.87. The first-order chi connectivity index (χ1) is 10.4. The molecule has 0 aliphatic carbocycles. The van der Waals surface area contributed by atoms with Gasteiger partial charge in [0.2, 0.25) is 11.8 Å².